The quantitative estimate of drug-likeness (QED) is 0.466. The zero-order valence-electron chi connectivity index (χ0n) is 17.4. The number of nitrogens with zero attached hydrogens (tertiary/aromatic N) is 2. The molecule has 1 atom stereocenters. The Balaban J connectivity index is 2.14. The van der Waals surface area contributed by atoms with Crippen LogP contribution in [0.1, 0.15) is 37.3 Å². The van der Waals surface area contributed by atoms with Gasteiger partial charge in [0.05, 0.1) is 28.7 Å². The highest BCUT2D eigenvalue weighted by molar-refractivity contribution is 6.00. The monoisotopic (exact) mass is 416 g/mol. The number of aromatic hydroxyl groups is 1. The summed E-state index contributed by atoms with van der Waals surface area (Å²) in [6, 6.07) is 17.8. The molecule has 31 heavy (non-hydrogen) atoms. The van der Waals surface area contributed by atoms with Crippen molar-refractivity contribution in [3.63, 3.8) is 0 Å². The Hall–Kier alpha value is -4.18. The fraction of sp³-hybridized carbons (Fsp3) is 0.167. The molecule has 3 aromatic carbocycles. The van der Waals surface area contributed by atoms with Crippen molar-refractivity contribution in [2.24, 2.45) is 5.73 Å². The highest BCUT2D eigenvalue weighted by Gasteiger charge is 2.22. The number of benzene rings is 3. The molecule has 1 unspecified atom stereocenters. The van der Waals surface area contributed by atoms with Crippen LogP contribution in [0.4, 0.5) is 21.9 Å². The molecule has 0 saturated carbocycles. The number of phenolic OH excluding ortho intramolecular Hbond substituents is 1. The van der Waals surface area contributed by atoms with Gasteiger partial charge in [-0.2, -0.15) is 5.26 Å². The number of anilines is 3. The number of nitriles is 1. The van der Waals surface area contributed by atoms with E-state index < -0.39 is 6.03 Å². The number of hydrogen-bond acceptors (Lipinski definition) is 5. The fourth-order valence-corrected chi connectivity index (χ4v) is 3.16. The van der Waals surface area contributed by atoms with Gasteiger partial charge in [-0.3, -0.25) is 4.90 Å². The largest absolute Gasteiger partial charge is 0.508 e. The summed E-state index contributed by atoms with van der Waals surface area (Å²) in [5.74, 6) is 0.975. The molecule has 0 heterocycles. The van der Waals surface area contributed by atoms with Crippen molar-refractivity contribution in [1.82, 2.24) is 0 Å². The van der Waals surface area contributed by atoms with Gasteiger partial charge in [-0.05, 0) is 66.4 Å². The van der Waals surface area contributed by atoms with Crippen molar-refractivity contribution in [3.05, 3.63) is 71.8 Å². The number of amides is 2. The zero-order valence-corrected chi connectivity index (χ0v) is 17.4. The lowest BCUT2D eigenvalue weighted by Gasteiger charge is -2.25. The average molecular weight is 416 g/mol. The number of phenols is 1. The van der Waals surface area contributed by atoms with Gasteiger partial charge in [0, 0.05) is 6.07 Å². The van der Waals surface area contributed by atoms with Crippen LogP contribution in [-0.2, 0) is 0 Å². The Morgan fingerprint density at radius 2 is 1.81 bits per heavy atom. The van der Waals surface area contributed by atoms with E-state index >= 15 is 0 Å². The van der Waals surface area contributed by atoms with Gasteiger partial charge in [-0.25, -0.2) is 4.79 Å². The summed E-state index contributed by atoms with van der Waals surface area (Å²) in [7, 11) is 0. The van der Waals surface area contributed by atoms with Crippen LogP contribution in [0.25, 0.3) is 0 Å². The first-order chi connectivity index (χ1) is 14.8. The van der Waals surface area contributed by atoms with E-state index in [0.29, 0.717) is 28.4 Å². The number of rotatable bonds is 6. The molecule has 5 N–H and O–H groups in total. The maximum absolute atomic E-state index is 12.5. The van der Waals surface area contributed by atoms with Crippen molar-refractivity contribution in [2.75, 3.05) is 10.6 Å². The van der Waals surface area contributed by atoms with E-state index in [4.69, 9.17) is 21.5 Å². The molecule has 0 radical (unpaired) electrons. The topological polar surface area (TPSA) is 126 Å². The Morgan fingerprint density at radius 1 is 1.13 bits per heavy atom. The maximum atomic E-state index is 12.5. The summed E-state index contributed by atoms with van der Waals surface area (Å²) in [4.78, 5) is 13.8. The third kappa shape index (κ3) is 4.70. The molecule has 7 nitrogen and oxygen atoms in total. The Bertz CT molecular complexity index is 1140. The van der Waals surface area contributed by atoms with Crippen molar-refractivity contribution < 1.29 is 14.6 Å². The molecular weight excluding hydrogens is 392 g/mol. The molecule has 158 valence electrons. The van der Waals surface area contributed by atoms with E-state index in [9.17, 15) is 9.90 Å². The minimum atomic E-state index is -0.700. The van der Waals surface area contributed by atoms with E-state index in [0.717, 1.165) is 12.0 Å². The van der Waals surface area contributed by atoms with Gasteiger partial charge in [0.15, 0.2) is 11.5 Å². The standard InChI is InChI=1S/C24H24N4O3/c1-3-15(2)17-6-10-23(31-22-11-9-19(29)13-20(22)26)21(12-17)28(24(27)30)18-7-4-16(14-25)5-8-18/h4-13,15,29H,3,26H2,1-2H3,(H2,27,30). The van der Waals surface area contributed by atoms with Gasteiger partial charge in [0.2, 0.25) is 0 Å². The zero-order chi connectivity index (χ0) is 22.5. The summed E-state index contributed by atoms with van der Waals surface area (Å²) in [5, 5.41) is 18.7. The molecule has 0 aliphatic rings. The van der Waals surface area contributed by atoms with Crippen LogP contribution in [0.3, 0.4) is 0 Å². The van der Waals surface area contributed by atoms with Crippen LogP contribution in [-0.4, -0.2) is 11.1 Å². The van der Waals surface area contributed by atoms with Gasteiger partial charge in [-0.15, -0.1) is 0 Å². The third-order valence-electron chi connectivity index (χ3n) is 5.09. The summed E-state index contributed by atoms with van der Waals surface area (Å²) in [6.07, 6.45) is 0.915. The second-order valence-corrected chi connectivity index (χ2v) is 7.19. The molecule has 0 aromatic heterocycles. The molecule has 0 aliphatic heterocycles. The first-order valence-corrected chi connectivity index (χ1v) is 9.84. The molecule has 3 aromatic rings. The second kappa shape index (κ2) is 9.09. The Labute approximate surface area is 181 Å². The number of carbonyl (C=O) groups is 1. The van der Waals surface area contributed by atoms with Crippen LogP contribution in [0, 0.1) is 11.3 Å². The summed E-state index contributed by atoms with van der Waals surface area (Å²) < 4.78 is 6.02. The number of carbonyl (C=O) groups excluding carboxylic acids is 1. The van der Waals surface area contributed by atoms with Crippen molar-refractivity contribution in [2.45, 2.75) is 26.2 Å². The lowest BCUT2D eigenvalue weighted by Crippen LogP contribution is -2.31. The molecule has 2 amide bonds. The van der Waals surface area contributed by atoms with Crippen LogP contribution >= 0.6 is 0 Å². The maximum Gasteiger partial charge on any atom is 0.324 e. The number of nitrogens with two attached hydrogens (primary N) is 2. The van der Waals surface area contributed by atoms with Crippen LogP contribution in [0.2, 0.25) is 0 Å². The molecule has 3 rings (SSSR count). The van der Waals surface area contributed by atoms with E-state index in [1.54, 1.807) is 36.4 Å². The minimum absolute atomic E-state index is 0.0218. The molecule has 0 bridgehead atoms. The highest BCUT2D eigenvalue weighted by atomic mass is 16.5. The van der Waals surface area contributed by atoms with Gasteiger partial charge >= 0.3 is 6.03 Å². The summed E-state index contributed by atoms with van der Waals surface area (Å²) >= 11 is 0. The second-order valence-electron chi connectivity index (χ2n) is 7.19. The first kappa shape index (κ1) is 21.5. The van der Waals surface area contributed by atoms with E-state index in [-0.39, 0.29) is 17.4 Å². The molecule has 0 spiro atoms. The minimum Gasteiger partial charge on any atom is -0.508 e. The van der Waals surface area contributed by atoms with E-state index in [1.165, 1.54) is 17.0 Å². The summed E-state index contributed by atoms with van der Waals surface area (Å²) in [6.45, 7) is 4.17. The van der Waals surface area contributed by atoms with Crippen LogP contribution in [0.15, 0.2) is 60.7 Å². The molecular formula is C24H24N4O3. The van der Waals surface area contributed by atoms with Gasteiger partial charge in [-0.1, -0.05) is 19.9 Å². The fourth-order valence-electron chi connectivity index (χ4n) is 3.16. The first-order valence-electron chi connectivity index (χ1n) is 9.84. The van der Waals surface area contributed by atoms with Crippen molar-refractivity contribution in [3.8, 4) is 23.3 Å². The number of urea groups is 1. The molecule has 0 aliphatic carbocycles. The lowest BCUT2D eigenvalue weighted by atomic mass is 9.97. The van der Waals surface area contributed by atoms with Gasteiger partial charge < -0.3 is 21.3 Å². The predicted molar refractivity (Wildman–Crippen MR) is 121 cm³/mol. The number of nitrogen functional groups attached to an aromatic ring is 1. The van der Waals surface area contributed by atoms with Crippen molar-refractivity contribution >= 4 is 23.1 Å². The Morgan fingerprint density at radius 3 is 2.39 bits per heavy atom. The number of hydrogen-bond donors (Lipinski definition) is 3. The smallest absolute Gasteiger partial charge is 0.324 e. The third-order valence-corrected chi connectivity index (χ3v) is 5.09. The van der Waals surface area contributed by atoms with E-state index in [2.05, 4.69) is 19.9 Å². The normalized spacial score (nSPS) is 11.4. The van der Waals surface area contributed by atoms with Gasteiger partial charge in [0.25, 0.3) is 0 Å². The van der Waals surface area contributed by atoms with Crippen LogP contribution in [0.5, 0.6) is 17.2 Å². The van der Waals surface area contributed by atoms with Crippen molar-refractivity contribution in [1.29, 1.82) is 5.26 Å². The molecule has 0 saturated heterocycles. The Kier molecular flexibility index (Phi) is 6.32. The summed E-state index contributed by atoms with van der Waals surface area (Å²) in [5.41, 5.74) is 14.4. The van der Waals surface area contributed by atoms with Crippen LogP contribution < -0.4 is 21.1 Å². The number of primary amides is 1. The van der Waals surface area contributed by atoms with E-state index in [1.807, 2.05) is 12.1 Å². The highest BCUT2D eigenvalue weighted by Crippen LogP contribution is 2.40. The predicted octanol–water partition coefficient (Wildman–Crippen LogP) is 5.37. The van der Waals surface area contributed by atoms with Gasteiger partial charge in [0.1, 0.15) is 5.75 Å². The number of ether oxygens (including phenoxy) is 1. The lowest BCUT2D eigenvalue weighted by molar-refractivity contribution is 0.256. The molecule has 7 heteroatoms. The average Bonchev–Trinajstić information content (AvgIpc) is 2.76. The molecule has 0 fully saturated rings. The SMILES string of the molecule is CCC(C)c1ccc(Oc2ccc(O)cc2N)c(N(C(N)=O)c2ccc(C#N)cc2)c1.